The Morgan fingerprint density at radius 1 is 1.19 bits per heavy atom. The molecule has 0 N–H and O–H groups in total. The molecule has 5 fully saturated rings. The predicted molar refractivity (Wildman–Crippen MR) is 89.1 cm³/mol. The average molecular weight is 399 g/mol. The van der Waals surface area contributed by atoms with Crippen molar-refractivity contribution < 1.29 is 28.7 Å². The van der Waals surface area contributed by atoms with E-state index in [-0.39, 0.29) is 10.6 Å². The third kappa shape index (κ3) is 2.30. The SMILES string of the molecule is CC1(c2cccc(OP(=O)([O-])[O-])c2)OOC12C1CC3CC2CC(Cl)(C3)C1. The Balaban J connectivity index is 1.52. The van der Waals surface area contributed by atoms with Crippen molar-refractivity contribution in [3.05, 3.63) is 29.8 Å². The minimum atomic E-state index is -5.11. The van der Waals surface area contributed by atoms with E-state index >= 15 is 0 Å². The van der Waals surface area contributed by atoms with Crippen molar-refractivity contribution in [3.63, 3.8) is 0 Å². The first-order valence-electron chi connectivity index (χ1n) is 9.02. The number of hydrogen-bond donors (Lipinski definition) is 0. The van der Waals surface area contributed by atoms with Crippen LogP contribution >= 0.6 is 19.4 Å². The van der Waals surface area contributed by atoms with Crippen LogP contribution in [0.2, 0.25) is 0 Å². The molecule has 142 valence electrons. The molecule has 1 heterocycles. The first kappa shape index (κ1) is 17.5. The first-order valence-corrected chi connectivity index (χ1v) is 10.9. The van der Waals surface area contributed by atoms with Crippen LogP contribution in [0.3, 0.4) is 0 Å². The van der Waals surface area contributed by atoms with E-state index in [1.165, 1.54) is 6.07 Å². The normalized spacial score (nSPS) is 46.4. The van der Waals surface area contributed by atoms with Gasteiger partial charge in [-0.1, -0.05) is 12.1 Å². The Bertz CT molecular complexity index is 793. The van der Waals surface area contributed by atoms with E-state index < -0.39 is 19.0 Å². The summed E-state index contributed by atoms with van der Waals surface area (Å²) in [5.41, 5.74) is -0.428. The smallest absolute Gasteiger partial charge is 0.158 e. The fourth-order valence-electron chi connectivity index (χ4n) is 6.30. The van der Waals surface area contributed by atoms with Crippen molar-refractivity contribution >= 4 is 19.4 Å². The van der Waals surface area contributed by atoms with Gasteiger partial charge < -0.3 is 18.9 Å². The monoisotopic (exact) mass is 398 g/mol. The van der Waals surface area contributed by atoms with E-state index in [1.54, 1.807) is 12.1 Å². The molecule has 5 aliphatic rings. The third-order valence-corrected chi connectivity index (χ3v) is 7.92. The van der Waals surface area contributed by atoms with Gasteiger partial charge in [0.25, 0.3) is 0 Å². The number of alkyl halides is 1. The molecule has 4 aliphatic carbocycles. The van der Waals surface area contributed by atoms with Crippen LogP contribution in [0.15, 0.2) is 24.3 Å². The number of benzene rings is 1. The Hall–Kier alpha value is -0.620. The van der Waals surface area contributed by atoms with E-state index in [0.717, 1.165) is 37.7 Å². The van der Waals surface area contributed by atoms with E-state index in [4.69, 9.17) is 21.4 Å². The number of rotatable bonds is 3. The van der Waals surface area contributed by atoms with Crippen LogP contribution in [0.4, 0.5) is 0 Å². The van der Waals surface area contributed by atoms with Crippen molar-refractivity contribution in [2.24, 2.45) is 17.8 Å². The van der Waals surface area contributed by atoms with E-state index in [9.17, 15) is 14.4 Å². The summed E-state index contributed by atoms with van der Waals surface area (Å²) in [6, 6.07) is 6.54. The minimum absolute atomic E-state index is 0.000313. The molecular weight excluding hydrogens is 379 g/mol. The largest absolute Gasteiger partial charge is 0.780 e. The maximum atomic E-state index is 11.0. The second-order valence-electron chi connectivity index (χ2n) is 8.55. The molecule has 6 rings (SSSR count). The lowest BCUT2D eigenvalue weighted by molar-refractivity contribution is -0.589. The minimum Gasteiger partial charge on any atom is -0.780 e. The fourth-order valence-corrected chi connectivity index (χ4v) is 7.26. The van der Waals surface area contributed by atoms with Crippen LogP contribution in [-0.4, -0.2) is 10.5 Å². The fraction of sp³-hybridized carbons (Fsp3) is 0.667. The third-order valence-electron chi connectivity index (χ3n) is 7.02. The number of halogens is 1. The Kier molecular flexibility index (Phi) is 3.53. The zero-order valence-corrected chi connectivity index (χ0v) is 16.0. The molecule has 0 aromatic heterocycles. The summed E-state index contributed by atoms with van der Waals surface area (Å²) in [6.07, 6.45) is 5.06. The molecule has 0 amide bonds. The molecule has 3 unspecified atom stereocenters. The summed E-state index contributed by atoms with van der Waals surface area (Å²) in [5, 5.41) is 0. The highest BCUT2D eigenvalue weighted by Crippen LogP contribution is 2.71. The molecule has 1 aromatic rings. The van der Waals surface area contributed by atoms with Crippen LogP contribution in [0, 0.1) is 17.8 Å². The maximum Gasteiger partial charge on any atom is 0.158 e. The van der Waals surface area contributed by atoms with E-state index in [1.807, 2.05) is 13.0 Å². The highest BCUT2D eigenvalue weighted by atomic mass is 35.5. The Morgan fingerprint density at radius 3 is 2.42 bits per heavy atom. The molecule has 1 aromatic carbocycles. The van der Waals surface area contributed by atoms with Gasteiger partial charge in [-0.05, 0) is 74.5 Å². The van der Waals surface area contributed by atoms with Gasteiger partial charge in [-0.3, -0.25) is 0 Å². The van der Waals surface area contributed by atoms with Crippen LogP contribution in [0.5, 0.6) is 5.75 Å². The summed E-state index contributed by atoms with van der Waals surface area (Å²) in [7, 11) is -5.11. The summed E-state index contributed by atoms with van der Waals surface area (Å²) in [6.45, 7) is 1.98. The van der Waals surface area contributed by atoms with Gasteiger partial charge in [0.2, 0.25) is 0 Å². The molecule has 26 heavy (non-hydrogen) atoms. The molecule has 6 nitrogen and oxygen atoms in total. The number of phosphoric ester groups is 1. The second kappa shape index (κ2) is 5.25. The number of phosphoric acid groups is 1. The summed E-state index contributed by atoms with van der Waals surface area (Å²) >= 11 is 6.86. The van der Waals surface area contributed by atoms with Gasteiger partial charge in [0.1, 0.15) is 19.2 Å². The van der Waals surface area contributed by atoms with Crippen LogP contribution < -0.4 is 14.3 Å². The first-order chi connectivity index (χ1) is 12.1. The van der Waals surface area contributed by atoms with Crippen LogP contribution in [0.1, 0.15) is 44.6 Å². The topological polar surface area (TPSA) is 90.9 Å². The molecule has 1 aliphatic heterocycles. The van der Waals surface area contributed by atoms with Crippen LogP contribution in [0.25, 0.3) is 0 Å². The lowest BCUT2D eigenvalue weighted by Crippen LogP contribution is -2.76. The molecule has 4 bridgehead atoms. The van der Waals surface area contributed by atoms with Crippen molar-refractivity contribution in [1.82, 2.24) is 0 Å². The highest BCUT2D eigenvalue weighted by Gasteiger charge is 2.75. The Labute approximate surface area is 156 Å². The van der Waals surface area contributed by atoms with Crippen molar-refractivity contribution in [2.75, 3.05) is 0 Å². The molecule has 1 saturated heterocycles. The van der Waals surface area contributed by atoms with E-state index in [2.05, 4.69) is 4.52 Å². The molecule has 0 radical (unpaired) electrons. The summed E-state index contributed by atoms with van der Waals surface area (Å²) in [4.78, 5) is 33.3. The van der Waals surface area contributed by atoms with Gasteiger partial charge in [-0.15, -0.1) is 11.6 Å². The van der Waals surface area contributed by atoms with Gasteiger partial charge in [0.15, 0.2) is 5.60 Å². The van der Waals surface area contributed by atoms with Crippen LogP contribution in [-0.2, 0) is 19.9 Å². The molecular formula is C18H20ClO6P-2. The second-order valence-corrected chi connectivity index (χ2v) is 10.4. The number of hydrogen-bond acceptors (Lipinski definition) is 6. The predicted octanol–water partition coefficient (Wildman–Crippen LogP) is 2.63. The average Bonchev–Trinajstić information content (AvgIpc) is 2.50. The van der Waals surface area contributed by atoms with Gasteiger partial charge in [-0.2, -0.15) is 0 Å². The highest BCUT2D eigenvalue weighted by molar-refractivity contribution is 7.43. The van der Waals surface area contributed by atoms with Crippen molar-refractivity contribution in [3.8, 4) is 5.75 Å². The van der Waals surface area contributed by atoms with E-state index in [0.29, 0.717) is 17.8 Å². The molecule has 8 heteroatoms. The lowest BCUT2D eigenvalue weighted by atomic mass is 9.45. The van der Waals surface area contributed by atoms with Crippen molar-refractivity contribution in [2.45, 2.75) is 55.1 Å². The molecule has 4 saturated carbocycles. The zero-order valence-electron chi connectivity index (χ0n) is 14.4. The quantitative estimate of drug-likeness (QED) is 0.441. The van der Waals surface area contributed by atoms with Gasteiger partial charge >= 0.3 is 0 Å². The van der Waals surface area contributed by atoms with Gasteiger partial charge in [0.05, 0.1) is 0 Å². The maximum absolute atomic E-state index is 11.0. The molecule has 1 spiro atoms. The van der Waals surface area contributed by atoms with Gasteiger partial charge in [-0.25, -0.2) is 9.78 Å². The lowest BCUT2D eigenvalue weighted by Gasteiger charge is -2.70. The zero-order chi connectivity index (χ0) is 18.4. The molecule has 3 atom stereocenters. The Morgan fingerprint density at radius 2 is 1.88 bits per heavy atom. The standard InChI is InChI=1S/C18H22ClO6P/c1-16(12-3-2-4-15(7-12)23-26(20,21)22)18(25-24-16)13-5-11-6-14(18)10-17(19,8-11)9-13/h2-4,7,11,13-14H,5-6,8-10H2,1H3,(H2,20,21,22)/p-2. The summed E-state index contributed by atoms with van der Waals surface area (Å²) < 4.78 is 15.5. The van der Waals surface area contributed by atoms with Crippen molar-refractivity contribution in [1.29, 1.82) is 0 Å². The van der Waals surface area contributed by atoms with Gasteiger partial charge in [0, 0.05) is 4.87 Å². The summed E-state index contributed by atoms with van der Waals surface area (Å²) in [5.74, 6) is 1.25.